The molecular formula is C23H31N3O3. The van der Waals surface area contributed by atoms with Gasteiger partial charge in [0.2, 0.25) is 0 Å². The van der Waals surface area contributed by atoms with Crippen LogP contribution in [0.25, 0.3) is 5.69 Å². The van der Waals surface area contributed by atoms with Gasteiger partial charge in [0.1, 0.15) is 0 Å². The number of amides is 1. The predicted molar refractivity (Wildman–Crippen MR) is 112 cm³/mol. The molecule has 1 fully saturated rings. The zero-order valence-corrected chi connectivity index (χ0v) is 17.9. The number of esters is 1. The Labute approximate surface area is 172 Å². The van der Waals surface area contributed by atoms with Crippen LogP contribution in [-0.4, -0.2) is 46.3 Å². The van der Waals surface area contributed by atoms with Crippen molar-refractivity contribution in [1.29, 1.82) is 0 Å². The number of aryl methyl sites for hydroxylation is 1. The lowest BCUT2D eigenvalue weighted by atomic mass is 9.87. The Bertz CT molecular complexity index is 852. The summed E-state index contributed by atoms with van der Waals surface area (Å²) in [5.74, 6) is 0.199. The Hall–Kier alpha value is -2.63. The fourth-order valence-corrected chi connectivity index (χ4v) is 4.02. The van der Waals surface area contributed by atoms with Crippen molar-refractivity contribution in [2.75, 3.05) is 13.7 Å². The summed E-state index contributed by atoms with van der Waals surface area (Å²) >= 11 is 0. The Balaban J connectivity index is 1.56. The molecule has 3 rings (SSSR count). The summed E-state index contributed by atoms with van der Waals surface area (Å²) < 4.78 is 7.13. The number of carbonyl (C=O) groups is 2. The lowest BCUT2D eigenvalue weighted by Crippen LogP contribution is -2.41. The second kappa shape index (κ2) is 9.25. The fraction of sp³-hybridized carbons (Fsp3) is 0.522. The number of aromatic nitrogens is 2. The molecule has 29 heavy (non-hydrogen) atoms. The topological polar surface area (TPSA) is 64.4 Å². The molecule has 0 spiro atoms. The molecule has 2 aromatic rings. The molecule has 1 aromatic carbocycles. The van der Waals surface area contributed by atoms with Crippen molar-refractivity contribution >= 4 is 11.9 Å². The first kappa shape index (κ1) is 21.1. The van der Waals surface area contributed by atoms with E-state index in [1.807, 2.05) is 55.9 Å². The number of para-hydroxylation sites is 1. The van der Waals surface area contributed by atoms with Crippen LogP contribution < -0.4 is 0 Å². The van der Waals surface area contributed by atoms with E-state index in [9.17, 15) is 9.59 Å². The quantitative estimate of drug-likeness (QED) is 0.699. The van der Waals surface area contributed by atoms with Crippen molar-refractivity contribution in [2.24, 2.45) is 5.92 Å². The number of rotatable bonds is 6. The maximum absolute atomic E-state index is 12.4. The maximum Gasteiger partial charge on any atom is 0.310 e. The number of benzene rings is 1. The SMILES string of the molecule is Cc1nn(-c2ccccc2)c(C)c1CC(=O)OCC(=O)N(C)C1CCC(C)CC1. The van der Waals surface area contributed by atoms with E-state index in [1.165, 1.54) is 0 Å². The van der Waals surface area contributed by atoms with Gasteiger partial charge in [0, 0.05) is 24.3 Å². The monoisotopic (exact) mass is 397 g/mol. The predicted octanol–water partition coefficient (Wildman–Crippen LogP) is 3.61. The number of nitrogens with zero attached hydrogens (tertiary/aromatic N) is 3. The number of hydrogen-bond donors (Lipinski definition) is 0. The lowest BCUT2D eigenvalue weighted by Gasteiger charge is -2.33. The average Bonchev–Trinajstić information content (AvgIpc) is 3.01. The van der Waals surface area contributed by atoms with E-state index in [4.69, 9.17) is 4.74 Å². The Kier molecular flexibility index (Phi) is 6.72. The average molecular weight is 398 g/mol. The maximum atomic E-state index is 12.4. The van der Waals surface area contributed by atoms with E-state index in [0.717, 1.165) is 54.2 Å². The molecule has 1 amide bonds. The minimum atomic E-state index is -0.400. The Morgan fingerprint density at radius 2 is 1.79 bits per heavy atom. The summed E-state index contributed by atoms with van der Waals surface area (Å²) in [7, 11) is 1.81. The molecule has 0 bridgehead atoms. The molecule has 0 N–H and O–H groups in total. The summed E-state index contributed by atoms with van der Waals surface area (Å²) in [4.78, 5) is 26.6. The smallest absolute Gasteiger partial charge is 0.310 e. The van der Waals surface area contributed by atoms with Gasteiger partial charge in [-0.1, -0.05) is 25.1 Å². The zero-order valence-electron chi connectivity index (χ0n) is 17.9. The van der Waals surface area contributed by atoms with Crippen molar-refractivity contribution in [2.45, 2.75) is 58.9 Å². The van der Waals surface area contributed by atoms with Crippen LogP contribution in [0, 0.1) is 19.8 Å². The van der Waals surface area contributed by atoms with Crippen molar-refractivity contribution in [3.05, 3.63) is 47.3 Å². The van der Waals surface area contributed by atoms with Gasteiger partial charge in [-0.25, -0.2) is 4.68 Å². The van der Waals surface area contributed by atoms with Crippen LogP contribution in [0.4, 0.5) is 0 Å². The van der Waals surface area contributed by atoms with E-state index in [2.05, 4.69) is 12.0 Å². The Morgan fingerprint density at radius 1 is 1.14 bits per heavy atom. The van der Waals surface area contributed by atoms with Gasteiger partial charge >= 0.3 is 5.97 Å². The third-order valence-corrected chi connectivity index (χ3v) is 6.05. The molecule has 0 saturated heterocycles. The summed E-state index contributed by atoms with van der Waals surface area (Å²) in [6.45, 7) is 5.88. The van der Waals surface area contributed by atoms with Crippen LogP contribution in [0.5, 0.6) is 0 Å². The first-order chi connectivity index (χ1) is 13.9. The van der Waals surface area contributed by atoms with Gasteiger partial charge in [-0.2, -0.15) is 5.10 Å². The van der Waals surface area contributed by atoms with E-state index in [-0.39, 0.29) is 25.0 Å². The molecule has 1 aliphatic rings. The van der Waals surface area contributed by atoms with Crippen molar-refractivity contribution in [3.8, 4) is 5.69 Å². The van der Waals surface area contributed by atoms with Crippen molar-refractivity contribution < 1.29 is 14.3 Å². The van der Waals surface area contributed by atoms with E-state index in [0.29, 0.717) is 0 Å². The van der Waals surface area contributed by atoms with Crippen LogP contribution in [0.15, 0.2) is 30.3 Å². The fourth-order valence-electron chi connectivity index (χ4n) is 4.02. The highest BCUT2D eigenvalue weighted by Gasteiger charge is 2.25. The normalized spacial score (nSPS) is 19.0. The summed E-state index contributed by atoms with van der Waals surface area (Å²) in [6, 6.07) is 10.1. The van der Waals surface area contributed by atoms with Crippen molar-refractivity contribution in [3.63, 3.8) is 0 Å². The van der Waals surface area contributed by atoms with Gasteiger partial charge in [-0.3, -0.25) is 9.59 Å². The molecule has 1 saturated carbocycles. The van der Waals surface area contributed by atoms with Crippen LogP contribution in [0.3, 0.4) is 0 Å². The summed E-state index contributed by atoms with van der Waals surface area (Å²) in [5.41, 5.74) is 3.50. The molecule has 0 aliphatic heterocycles. The molecule has 6 nitrogen and oxygen atoms in total. The molecule has 1 heterocycles. The molecule has 1 aromatic heterocycles. The highest BCUT2D eigenvalue weighted by molar-refractivity contribution is 5.81. The van der Waals surface area contributed by atoms with Gasteiger partial charge < -0.3 is 9.64 Å². The van der Waals surface area contributed by atoms with Gasteiger partial charge in [0.05, 0.1) is 17.8 Å². The highest BCUT2D eigenvalue weighted by Crippen LogP contribution is 2.26. The van der Waals surface area contributed by atoms with E-state index in [1.54, 1.807) is 4.90 Å². The summed E-state index contributed by atoms with van der Waals surface area (Å²) in [6.07, 6.45) is 4.45. The Morgan fingerprint density at radius 3 is 2.45 bits per heavy atom. The first-order valence-corrected chi connectivity index (χ1v) is 10.4. The molecule has 0 atom stereocenters. The third kappa shape index (κ3) is 5.05. The lowest BCUT2D eigenvalue weighted by molar-refractivity contribution is -0.152. The largest absolute Gasteiger partial charge is 0.455 e. The second-order valence-corrected chi connectivity index (χ2v) is 8.15. The van der Waals surface area contributed by atoms with Gasteiger partial charge in [-0.15, -0.1) is 0 Å². The number of hydrogen-bond acceptors (Lipinski definition) is 4. The molecule has 6 heteroatoms. The number of likely N-dealkylation sites (N-methyl/N-ethyl adjacent to an activating group) is 1. The third-order valence-electron chi connectivity index (χ3n) is 6.05. The first-order valence-electron chi connectivity index (χ1n) is 10.4. The second-order valence-electron chi connectivity index (χ2n) is 8.15. The molecule has 0 unspecified atom stereocenters. The van der Waals surface area contributed by atoms with E-state index < -0.39 is 5.97 Å². The van der Waals surface area contributed by atoms with Gasteiger partial charge in [-0.05, 0) is 57.6 Å². The minimum Gasteiger partial charge on any atom is -0.455 e. The molecule has 156 valence electrons. The van der Waals surface area contributed by atoms with Gasteiger partial charge in [0.15, 0.2) is 6.61 Å². The highest BCUT2D eigenvalue weighted by atomic mass is 16.5. The minimum absolute atomic E-state index is 0.114. The zero-order chi connectivity index (χ0) is 21.0. The van der Waals surface area contributed by atoms with Crippen molar-refractivity contribution in [1.82, 2.24) is 14.7 Å². The van der Waals surface area contributed by atoms with Crippen LogP contribution in [-0.2, 0) is 20.7 Å². The van der Waals surface area contributed by atoms with Crippen LogP contribution >= 0.6 is 0 Å². The van der Waals surface area contributed by atoms with Crippen LogP contribution in [0.1, 0.15) is 49.6 Å². The summed E-state index contributed by atoms with van der Waals surface area (Å²) in [5, 5.41) is 4.56. The van der Waals surface area contributed by atoms with E-state index >= 15 is 0 Å². The van der Waals surface area contributed by atoms with Gasteiger partial charge in [0.25, 0.3) is 5.91 Å². The number of ether oxygens (including phenoxy) is 1. The molecule has 0 radical (unpaired) electrons. The standard InChI is InChI=1S/C23H31N3O3/c1-16-10-12-19(13-11-16)25(4)22(27)15-29-23(28)14-21-17(2)24-26(18(21)3)20-8-6-5-7-9-20/h5-9,16,19H,10-15H2,1-4H3. The molecule has 1 aliphatic carbocycles. The molecular weight excluding hydrogens is 366 g/mol. The van der Waals surface area contributed by atoms with Crippen LogP contribution in [0.2, 0.25) is 0 Å². The number of carbonyl (C=O) groups excluding carboxylic acids is 2.